The van der Waals surface area contributed by atoms with E-state index in [-0.39, 0.29) is 19.0 Å². The first-order chi connectivity index (χ1) is 20.0. The van der Waals surface area contributed by atoms with Crippen LogP contribution >= 0.6 is 0 Å². The molecule has 1 amide bonds. The smallest absolute Gasteiger partial charge is 0.374 e. The van der Waals surface area contributed by atoms with Gasteiger partial charge in [-0.3, -0.25) is 20.5 Å². The summed E-state index contributed by atoms with van der Waals surface area (Å²) in [7, 11) is 0. The number of nitrogens with zero attached hydrogens (tertiary/aromatic N) is 2. The standard InChI is InChI=1S/C30H28N6O5/c1-19-16-22(7-8-23(19)29(37)36-41-15-14-40-30(38)27-5-3-13-39-27)25-10-11-26(35-31)28(34-25)33-18-20-6-9-24-21(17-20)4-2-12-32-24/h2-13,16-17,35H,14-15,18,31H2,1H3,(H,33,34)(H,36,37). The molecule has 5 rings (SSSR count). The van der Waals surface area contributed by atoms with E-state index in [4.69, 9.17) is 24.8 Å². The normalized spacial score (nSPS) is 10.8. The molecule has 0 unspecified atom stereocenters. The Morgan fingerprint density at radius 2 is 1.90 bits per heavy atom. The molecule has 0 saturated heterocycles. The fraction of sp³-hybridized carbons (Fsp3) is 0.133. The molecule has 3 heterocycles. The third-order valence-electron chi connectivity index (χ3n) is 6.25. The van der Waals surface area contributed by atoms with Crippen molar-refractivity contribution in [2.24, 2.45) is 5.84 Å². The number of benzene rings is 2. The molecule has 2 aromatic carbocycles. The first-order valence-corrected chi connectivity index (χ1v) is 12.8. The predicted octanol–water partition coefficient (Wildman–Crippen LogP) is 4.61. The van der Waals surface area contributed by atoms with Crippen molar-refractivity contribution in [3.05, 3.63) is 108 Å². The minimum atomic E-state index is -0.607. The van der Waals surface area contributed by atoms with Gasteiger partial charge in [-0.2, -0.15) is 0 Å². The van der Waals surface area contributed by atoms with Crippen LogP contribution in [0, 0.1) is 6.92 Å². The van der Waals surface area contributed by atoms with E-state index in [9.17, 15) is 9.59 Å². The number of carbonyl (C=O) groups excluding carboxylic acids is 2. The van der Waals surface area contributed by atoms with Gasteiger partial charge in [-0.05, 0) is 72.6 Å². The first-order valence-electron chi connectivity index (χ1n) is 12.8. The number of nitrogen functional groups attached to an aromatic ring is 1. The lowest BCUT2D eigenvalue weighted by atomic mass is 10.0. The molecule has 208 valence electrons. The third kappa shape index (κ3) is 6.67. The molecule has 0 fully saturated rings. The zero-order chi connectivity index (χ0) is 28.6. The van der Waals surface area contributed by atoms with Gasteiger partial charge in [-0.1, -0.05) is 18.2 Å². The Balaban J connectivity index is 1.20. The van der Waals surface area contributed by atoms with Crippen molar-refractivity contribution in [3.8, 4) is 11.3 Å². The number of nitrogens with two attached hydrogens (primary N) is 1. The summed E-state index contributed by atoms with van der Waals surface area (Å²) in [5, 5.41) is 4.42. The molecular weight excluding hydrogens is 524 g/mol. The fourth-order valence-electron chi connectivity index (χ4n) is 4.18. The van der Waals surface area contributed by atoms with Crippen LogP contribution in [0.4, 0.5) is 11.5 Å². The molecule has 0 aliphatic carbocycles. The van der Waals surface area contributed by atoms with E-state index in [1.54, 1.807) is 18.3 Å². The molecule has 11 heteroatoms. The molecule has 11 nitrogen and oxygen atoms in total. The molecular formula is C30H28N6O5. The number of fused-ring (bicyclic) bond motifs is 1. The van der Waals surface area contributed by atoms with E-state index in [1.165, 1.54) is 12.3 Å². The van der Waals surface area contributed by atoms with Gasteiger partial charge >= 0.3 is 5.97 Å². The van der Waals surface area contributed by atoms with Crippen LogP contribution in [-0.4, -0.2) is 35.1 Å². The monoisotopic (exact) mass is 552 g/mol. The van der Waals surface area contributed by atoms with Crippen LogP contribution in [0.25, 0.3) is 22.2 Å². The number of carbonyl (C=O) groups is 2. The van der Waals surface area contributed by atoms with Crippen molar-refractivity contribution in [2.75, 3.05) is 24.0 Å². The second-order valence-corrected chi connectivity index (χ2v) is 9.04. The summed E-state index contributed by atoms with van der Waals surface area (Å²) in [6.45, 7) is 2.29. The van der Waals surface area contributed by atoms with E-state index >= 15 is 0 Å². The lowest BCUT2D eigenvalue weighted by Crippen LogP contribution is -2.26. The van der Waals surface area contributed by atoms with Gasteiger partial charge in [0, 0.05) is 29.3 Å². The molecule has 0 spiro atoms. The number of hydrogen-bond acceptors (Lipinski definition) is 10. The Morgan fingerprint density at radius 3 is 2.71 bits per heavy atom. The minimum Gasteiger partial charge on any atom is -0.457 e. The lowest BCUT2D eigenvalue weighted by molar-refractivity contribution is 0.00176. The quantitative estimate of drug-likeness (QED) is 0.0790. The highest BCUT2D eigenvalue weighted by molar-refractivity contribution is 5.95. The van der Waals surface area contributed by atoms with Crippen LogP contribution < -0.4 is 22.1 Å². The molecule has 0 saturated carbocycles. The van der Waals surface area contributed by atoms with Crippen molar-refractivity contribution in [1.29, 1.82) is 0 Å². The Morgan fingerprint density at radius 1 is 1.00 bits per heavy atom. The van der Waals surface area contributed by atoms with E-state index in [0.29, 0.717) is 29.3 Å². The number of rotatable bonds is 11. The van der Waals surface area contributed by atoms with Crippen LogP contribution in [0.1, 0.15) is 32.0 Å². The maximum atomic E-state index is 12.6. The number of hydroxylamine groups is 1. The van der Waals surface area contributed by atoms with Crippen molar-refractivity contribution in [1.82, 2.24) is 15.4 Å². The van der Waals surface area contributed by atoms with Gasteiger partial charge < -0.3 is 19.9 Å². The van der Waals surface area contributed by atoms with Crippen LogP contribution in [0.2, 0.25) is 0 Å². The minimum absolute atomic E-state index is 0.0212. The van der Waals surface area contributed by atoms with Crippen molar-refractivity contribution in [3.63, 3.8) is 0 Å². The maximum absolute atomic E-state index is 12.6. The van der Waals surface area contributed by atoms with Gasteiger partial charge in [0.25, 0.3) is 5.91 Å². The summed E-state index contributed by atoms with van der Waals surface area (Å²) in [6.07, 6.45) is 3.15. The molecule has 0 atom stereocenters. The first kappa shape index (κ1) is 27.3. The highest BCUT2D eigenvalue weighted by Crippen LogP contribution is 2.27. The predicted molar refractivity (Wildman–Crippen MR) is 154 cm³/mol. The van der Waals surface area contributed by atoms with Crippen LogP contribution in [0.5, 0.6) is 0 Å². The number of hydrazine groups is 1. The Kier molecular flexibility index (Phi) is 8.48. The molecule has 5 aromatic rings. The Hall–Kier alpha value is -5.26. The second-order valence-electron chi connectivity index (χ2n) is 9.04. The molecule has 41 heavy (non-hydrogen) atoms. The summed E-state index contributed by atoms with van der Waals surface area (Å²) in [6, 6.07) is 22.2. The molecule has 0 aliphatic heterocycles. The van der Waals surface area contributed by atoms with Crippen LogP contribution in [-0.2, 0) is 16.1 Å². The van der Waals surface area contributed by atoms with Gasteiger partial charge in [0.05, 0.1) is 23.2 Å². The van der Waals surface area contributed by atoms with Gasteiger partial charge in [0.15, 0.2) is 5.82 Å². The lowest BCUT2D eigenvalue weighted by Gasteiger charge is -2.14. The van der Waals surface area contributed by atoms with Crippen molar-refractivity contribution in [2.45, 2.75) is 13.5 Å². The van der Waals surface area contributed by atoms with E-state index < -0.39 is 11.9 Å². The molecule has 0 bridgehead atoms. The summed E-state index contributed by atoms with van der Waals surface area (Å²) < 4.78 is 9.97. The maximum Gasteiger partial charge on any atom is 0.374 e. The van der Waals surface area contributed by atoms with Crippen LogP contribution in [0.3, 0.4) is 0 Å². The zero-order valence-corrected chi connectivity index (χ0v) is 22.2. The fourth-order valence-corrected chi connectivity index (χ4v) is 4.18. The van der Waals surface area contributed by atoms with Crippen LogP contribution in [0.15, 0.2) is 89.7 Å². The SMILES string of the molecule is Cc1cc(-c2ccc(NN)c(NCc3ccc4ncccc4c3)n2)ccc1C(=O)NOCCOC(=O)c1ccco1. The van der Waals surface area contributed by atoms with E-state index in [0.717, 1.165) is 27.6 Å². The largest absolute Gasteiger partial charge is 0.457 e. The highest BCUT2D eigenvalue weighted by atomic mass is 16.7. The van der Waals surface area contributed by atoms with Gasteiger partial charge in [0.1, 0.15) is 13.2 Å². The number of pyridine rings is 2. The summed E-state index contributed by atoms with van der Waals surface area (Å²) >= 11 is 0. The highest BCUT2D eigenvalue weighted by Gasteiger charge is 2.13. The molecule has 0 aliphatic rings. The summed E-state index contributed by atoms with van der Waals surface area (Å²) in [5.74, 6) is 5.40. The number of ether oxygens (including phenoxy) is 1. The average molecular weight is 553 g/mol. The second kappa shape index (κ2) is 12.7. The van der Waals surface area contributed by atoms with Gasteiger partial charge in [-0.15, -0.1) is 0 Å². The topological polar surface area (TPSA) is 154 Å². The number of aromatic nitrogens is 2. The Bertz CT molecular complexity index is 1670. The van der Waals surface area contributed by atoms with E-state index in [1.807, 2.05) is 55.5 Å². The summed E-state index contributed by atoms with van der Waals surface area (Å²) in [4.78, 5) is 38.7. The van der Waals surface area contributed by atoms with Gasteiger partial charge in [0.2, 0.25) is 5.76 Å². The molecule has 5 N–H and O–H groups in total. The van der Waals surface area contributed by atoms with Crippen molar-refractivity contribution < 1.29 is 23.6 Å². The molecule has 0 radical (unpaired) electrons. The zero-order valence-electron chi connectivity index (χ0n) is 22.2. The number of esters is 1. The number of hydrogen-bond donors (Lipinski definition) is 4. The van der Waals surface area contributed by atoms with Crippen molar-refractivity contribution >= 4 is 34.3 Å². The number of nitrogens with one attached hydrogen (secondary N) is 3. The third-order valence-corrected chi connectivity index (χ3v) is 6.25. The number of aryl methyl sites for hydroxylation is 1. The number of anilines is 2. The summed E-state index contributed by atoms with van der Waals surface area (Å²) in [5.41, 5.74) is 10.4. The average Bonchev–Trinajstić information content (AvgIpc) is 3.55. The van der Waals surface area contributed by atoms with E-state index in [2.05, 4.69) is 27.3 Å². The number of furan rings is 1. The van der Waals surface area contributed by atoms with Gasteiger partial charge in [-0.25, -0.2) is 15.3 Å². The molecule has 3 aromatic heterocycles. The Labute approximate surface area is 235 Å². The number of amides is 1.